The third kappa shape index (κ3) is 2.94. The van der Waals surface area contributed by atoms with Crippen LogP contribution in [0.25, 0.3) is 0 Å². The van der Waals surface area contributed by atoms with Crippen LogP contribution in [0.5, 0.6) is 0 Å². The quantitative estimate of drug-likeness (QED) is 0.694. The third-order valence-electron chi connectivity index (χ3n) is 3.10. The maximum atomic E-state index is 11.8. The Morgan fingerprint density at radius 1 is 1.65 bits per heavy atom. The third-order valence-corrected chi connectivity index (χ3v) is 3.10. The highest BCUT2D eigenvalue weighted by atomic mass is 16.1. The van der Waals surface area contributed by atoms with Crippen molar-refractivity contribution in [1.29, 1.82) is 0 Å². The van der Waals surface area contributed by atoms with Crippen molar-refractivity contribution in [2.45, 2.75) is 25.8 Å². The van der Waals surface area contributed by atoms with E-state index in [1.54, 1.807) is 6.92 Å². The van der Waals surface area contributed by atoms with Gasteiger partial charge in [0.15, 0.2) is 0 Å². The molecule has 1 unspecified atom stereocenters. The Morgan fingerprint density at radius 2 is 2.35 bits per heavy atom. The number of nitrogens with one attached hydrogen (secondary N) is 2. The van der Waals surface area contributed by atoms with Crippen LogP contribution < -0.4 is 16.6 Å². The van der Waals surface area contributed by atoms with Gasteiger partial charge < -0.3 is 16.0 Å². The smallest absolute Gasteiger partial charge is 0.253 e. The van der Waals surface area contributed by atoms with Crippen LogP contribution in [0, 0.1) is 12.8 Å². The summed E-state index contributed by atoms with van der Waals surface area (Å²) in [5.41, 5.74) is 6.86. The lowest BCUT2D eigenvalue weighted by molar-refractivity contribution is 0.0949. The van der Waals surface area contributed by atoms with Gasteiger partial charge in [0.25, 0.3) is 5.91 Å². The fraction of sp³-hybridized carbons (Fsp3) is 0.500. The van der Waals surface area contributed by atoms with Gasteiger partial charge in [-0.15, -0.1) is 0 Å². The molecule has 0 radical (unpaired) electrons. The Balaban J connectivity index is 1.96. The molecular formula is C12H17N3O2. The number of rotatable bonds is 4. The highest BCUT2D eigenvalue weighted by Gasteiger charge is 2.28. The van der Waals surface area contributed by atoms with Gasteiger partial charge in [-0.25, -0.2) is 0 Å². The Morgan fingerprint density at radius 3 is 2.94 bits per heavy atom. The molecule has 1 aromatic heterocycles. The lowest BCUT2D eigenvalue weighted by Crippen LogP contribution is -2.38. The van der Waals surface area contributed by atoms with E-state index >= 15 is 0 Å². The van der Waals surface area contributed by atoms with Crippen LogP contribution in [-0.4, -0.2) is 23.5 Å². The van der Waals surface area contributed by atoms with E-state index in [0.29, 0.717) is 23.6 Å². The molecule has 1 aliphatic carbocycles. The second kappa shape index (κ2) is 4.71. The molecule has 1 fully saturated rings. The number of pyridine rings is 1. The van der Waals surface area contributed by atoms with Gasteiger partial charge in [-0.2, -0.15) is 0 Å². The molecule has 17 heavy (non-hydrogen) atoms. The number of nitrogens with two attached hydrogens (primary N) is 1. The minimum Gasteiger partial charge on any atom is -0.350 e. The normalized spacial score (nSPS) is 16.6. The zero-order chi connectivity index (χ0) is 12.4. The van der Waals surface area contributed by atoms with Crippen molar-refractivity contribution in [2.24, 2.45) is 11.7 Å². The van der Waals surface area contributed by atoms with Crippen LogP contribution in [0.15, 0.2) is 17.1 Å². The number of aromatic nitrogens is 1. The number of carbonyl (C=O) groups excluding carboxylic acids is 1. The lowest BCUT2D eigenvalue weighted by Gasteiger charge is -2.12. The number of hydrogen-bond donors (Lipinski definition) is 3. The minimum absolute atomic E-state index is 0.0435. The van der Waals surface area contributed by atoms with Crippen LogP contribution in [0.4, 0.5) is 0 Å². The van der Waals surface area contributed by atoms with E-state index in [-0.39, 0.29) is 17.5 Å². The number of amides is 1. The summed E-state index contributed by atoms with van der Waals surface area (Å²) in [7, 11) is 0. The maximum absolute atomic E-state index is 11.8. The van der Waals surface area contributed by atoms with E-state index in [2.05, 4.69) is 10.3 Å². The average molecular weight is 235 g/mol. The maximum Gasteiger partial charge on any atom is 0.253 e. The summed E-state index contributed by atoms with van der Waals surface area (Å²) in [6.07, 6.45) is 3.76. The standard InChI is InChI=1S/C12H17N3O2/c1-7-4-11(16)14-5-9(7)12(17)15-6-10(13)8-2-3-8/h4-5,8,10H,2-3,6,13H2,1H3,(H,14,16)(H,15,17). The first-order valence-electron chi connectivity index (χ1n) is 5.81. The molecule has 1 heterocycles. The van der Waals surface area contributed by atoms with Gasteiger partial charge >= 0.3 is 0 Å². The van der Waals surface area contributed by atoms with Gasteiger partial charge in [0, 0.05) is 24.8 Å². The number of carbonyl (C=O) groups is 1. The molecule has 5 nitrogen and oxygen atoms in total. The van der Waals surface area contributed by atoms with Gasteiger partial charge in [0.05, 0.1) is 5.56 Å². The van der Waals surface area contributed by atoms with E-state index in [0.717, 1.165) is 12.8 Å². The number of H-pyrrole nitrogens is 1. The topological polar surface area (TPSA) is 88.0 Å². The molecule has 1 saturated carbocycles. The van der Waals surface area contributed by atoms with Crippen LogP contribution in [0.1, 0.15) is 28.8 Å². The molecule has 0 spiro atoms. The molecule has 2 rings (SSSR count). The Kier molecular flexibility index (Phi) is 3.28. The lowest BCUT2D eigenvalue weighted by atomic mass is 10.1. The highest BCUT2D eigenvalue weighted by molar-refractivity contribution is 5.95. The molecule has 4 N–H and O–H groups in total. The van der Waals surface area contributed by atoms with Crippen molar-refractivity contribution >= 4 is 5.91 Å². The second-order valence-electron chi connectivity index (χ2n) is 4.61. The molecule has 0 saturated heterocycles. The van der Waals surface area contributed by atoms with E-state index in [1.807, 2.05) is 0 Å². The minimum atomic E-state index is -0.200. The summed E-state index contributed by atoms with van der Waals surface area (Å²) < 4.78 is 0. The van der Waals surface area contributed by atoms with Crippen molar-refractivity contribution < 1.29 is 4.79 Å². The molecule has 1 atom stereocenters. The summed E-state index contributed by atoms with van der Waals surface area (Å²) in [6.45, 7) is 2.23. The highest BCUT2D eigenvalue weighted by Crippen LogP contribution is 2.31. The molecule has 92 valence electrons. The molecule has 0 aliphatic heterocycles. The summed E-state index contributed by atoms with van der Waals surface area (Å²) >= 11 is 0. The van der Waals surface area contributed by atoms with Gasteiger partial charge in [0.2, 0.25) is 5.56 Å². The Labute approximate surface area is 99.4 Å². The predicted molar refractivity (Wildman–Crippen MR) is 64.8 cm³/mol. The van der Waals surface area contributed by atoms with Gasteiger partial charge in [-0.05, 0) is 31.2 Å². The second-order valence-corrected chi connectivity index (χ2v) is 4.61. The number of aryl methyl sites for hydroxylation is 1. The molecule has 1 amide bonds. The van der Waals surface area contributed by atoms with E-state index in [4.69, 9.17) is 5.73 Å². The van der Waals surface area contributed by atoms with Crippen molar-refractivity contribution in [3.05, 3.63) is 33.7 Å². The Bertz CT molecular complexity index is 477. The van der Waals surface area contributed by atoms with Gasteiger partial charge in [-0.3, -0.25) is 9.59 Å². The van der Waals surface area contributed by atoms with Gasteiger partial charge in [-0.1, -0.05) is 0 Å². The van der Waals surface area contributed by atoms with Gasteiger partial charge in [0.1, 0.15) is 0 Å². The Hall–Kier alpha value is -1.62. The van der Waals surface area contributed by atoms with E-state index < -0.39 is 0 Å². The van der Waals surface area contributed by atoms with Crippen molar-refractivity contribution in [3.8, 4) is 0 Å². The molecule has 0 aromatic carbocycles. The van der Waals surface area contributed by atoms with Crippen molar-refractivity contribution in [3.63, 3.8) is 0 Å². The molecular weight excluding hydrogens is 218 g/mol. The molecule has 1 aromatic rings. The van der Waals surface area contributed by atoms with Crippen molar-refractivity contribution in [2.75, 3.05) is 6.54 Å². The van der Waals surface area contributed by atoms with Crippen LogP contribution >= 0.6 is 0 Å². The monoisotopic (exact) mass is 235 g/mol. The summed E-state index contributed by atoms with van der Waals surface area (Å²) in [4.78, 5) is 25.4. The first kappa shape index (κ1) is 11.9. The fourth-order valence-corrected chi connectivity index (χ4v) is 1.81. The summed E-state index contributed by atoms with van der Waals surface area (Å²) in [5, 5.41) is 2.79. The zero-order valence-electron chi connectivity index (χ0n) is 9.82. The van der Waals surface area contributed by atoms with E-state index in [9.17, 15) is 9.59 Å². The molecule has 5 heteroatoms. The SMILES string of the molecule is Cc1cc(=O)[nH]cc1C(=O)NCC(N)C1CC1. The number of hydrogen-bond acceptors (Lipinski definition) is 3. The predicted octanol–water partition coefficient (Wildman–Crippen LogP) is 0.150. The largest absolute Gasteiger partial charge is 0.350 e. The fourth-order valence-electron chi connectivity index (χ4n) is 1.81. The molecule has 0 bridgehead atoms. The van der Waals surface area contributed by atoms with Crippen LogP contribution in [0.3, 0.4) is 0 Å². The van der Waals surface area contributed by atoms with Crippen LogP contribution in [-0.2, 0) is 0 Å². The first-order valence-corrected chi connectivity index (χ1v) is 5.81. The summed E-state index contributed by atoms with van der Waals surface area (Å²) in [6, 6.07) is 1.46. The van der Waals surface area contributed by atoms with Crippen LogP contribution in [0.2, 0.25) is 0 Å². The summed E-state index contributed by atoms with van der Waals surface area (Å²) in [5.74, 6) is 0.377. The zero-order valence-corrected chi connectivity index (χ0v) is 9.82. The van der Waals surface area contributed by atoms with E-state index in [1.165, 1.54) is 12.3 Å². The average Bonchev–Trinajstić information content (AvgIpc) is 3.09. The van der Waals surface area contributed by atoms with Crippen molar-refractivity contribution in [1.82, 2.24) is 10.3 Å². The number of aromatic amines is 1. The molecule has 1 aliphatic rings. The first-order chi connectivity index (χ1) is 8.08.